The molecule has 0 unspecified atom stereocenters. The van der Waals surface area contributed by atoms with Crippen molar-refractivity contribution in [3.63, 3.8) is 0 Å². The number of hydrogen-bond donors (Lipinski definition) is 1. The Morgan fingerprint density at radius 2 is 1.84 bits per heavy atom. The molecule has 0 radical (unpaired) electrons. The van der Waals surface area contributed by atoms with Crippen molar-refractivity contribution >= 4 is 17.7 Å². The van der Waals surface area contributed by atoms with E-state index in [1.54, 1.807) is 11.8 Å². The van der Waals surface area contributed by atoms with Crippen LogP contribution in [0.15, 0.2) is 47.4 Å². The minimum atomic E-state index is -0.289. The number of carbonyl (C=O) groups excluding carboxylic acids is 1. The van der Waals surface area contributed by atoms with Crippen LogP contribution in [-0.4, -0.2) is 17.3 Å². The summed E-state index contributed by atoms with van der Waals surface area (Å²) in [5, 5.41) is 3.19. The Kier molecular flexibility index (Phi) is 5.09. The predicted molar refractivity (Wildman–Crippen MR) is 103 cm³/mol. The Morgan fingerprint density at radius 3 is 2.56 bits per heavy atom. The number of nitrogens with one attached hydrogen (secondary N) is 1. The SMILES string of the molecule is Cc1ccc(SCC(=O)N[C@@H]2CC(C)(C)Oc3cc(C)ccc32)cc1. The Balaban J connectivity index is 1.67. The van der Waals surface area contributed by atoms with E-state index in [9.17, 15) is 4.79 Å². The summed E-state index contributed by atoms with van der Waals surface area (Å²) in [5.41, 5.74) is 3.17. The molecule has 1 aliphatic rings. The molecule has 2 aromatic carbocycles. The van der Waals surface area contributed by atoms with Crippen molar-refractivity contribution in [3.05, 3.63) is 59.2 Å². The Morgan fingerprint density at radius 1 is 1.16 bits per heavy atom. The third kappa shape index (κ3) is 4.57. The van der Waals surface area contributed by atoms with E-state index in [-0.39, 0.29) is 17.6 Å². The average Bonchev–Trinajstić information content (AvgIpc) is 2.52. The van der Waals surface area contributed by atoms with E-state index in [1.807, 2.05) is 0 Å². The molecule has 0 aliphatic carbocycles. The predicted octanol–water partition coefficient (Wildman–Crippen LogP) is 4.81. The van der Waals surface area contributed by atoms with Gasteiger partial charge in [-0.05, 0) is 51.5 Å². The summed E-state index contributed by atoms with van der Waals surface area (Å²) in [6.07, 6.45) is 0.768. The molecule has 0 spiro atoms. The summed E-state index contributed by atoms with van der Waals surface area (Å²) in [6.45, 7) is 8.25. The van der Waals surface area contributed by atoms with Crippen LogP contribution in [0.25, 0.3) is 0 Å². The van der Waals surface area contributed by atoms with Crippen LogP contribution in [0, 0.1) is 13.8 Å². The fourth-order valence-corrected chi connectivity index (χ4v) is 3.82. The smallest absolute Gasteiger partial charge is 0.230 e. The molecule has 0 saturated heterocycles. The van der Waals surface area contributed by atoms with Gasteiger partial charge in [0.2, 0.25) is 5.91 Å². The quantitative estimate of drug-likeness (QED) is 0.800. The van der Waals surface area contributed by atoms with Gasteiger partial charge in [-0.3, -0.25) is 4.79 Å². The van der Waals surface area contributed by atoms with Gasteiger partial charge in [-0.1, -0.05) is 29.8 Å². The topological polar surface area (TPSA) is 38.3 Å². The van der Waals surface area contributed by atoms with Gasteiger partial charge in [0.15, 0.2) is 0 Å². The highest BCUT2D eigenvalue weighted by molar-refractivity contribution is 8.00. The molecule has 0 fully saturated rings. The fourth-order valence-electron chi connectivity index (χ4n) is 3.11. The van der Waals surface area contributed by atoms with Crippen molar-refractivity contribution in [1.29, 1.82) is 0 Å². The molecule has 1 aliphatic heterocycles. The first-order valence-electron chi connectivity index (χ1n) is 8.61. The molecule has 1 heterocycles. The van der Waals surface area contributed by atoms with Gasteiger partial charge in [0.05, 0.1) is 11.8 Å². The summed E-state index contributed by atoms with van der Waals surface area (Å²) in [5.74, 6) is 1.36. The molecule has 1 atom stereocenters. The standard InChI is InChI=1S/C21H25NO2S/c1-14-5-8-16(9-6-14)25-13-20(23)22-18-12-21(3,4)24-19-11-15(2)7-10-17(18)19/h5-11,18H,12-13H2,1-4H3,(H,22,23)/t18-/m1/s1. The van der Waals surface area contributed by atoms with Crippen molar-refractivity contribution in [2.24, 2.45) is 0 Å². The van der Waals surface area contributed by atoms with Gasteiger partial charge >= 0.3 is 0 Å². The Hall–Kier alpha value is -1.94. The summed E-state index contributed by atoms with van der Waals surface area (Å²) < 4.78 is 6.10. The number of rotatable bonds is 4. The van der Waals surface area contributed by atoms with Crippen LogP contribution in [0.1, 0.15) is 43.0 Å². The first-order chi connectivity index (χ1) is 11.8. The number of amides is 1. The first-order valence-corrected chi connectivity index (χ1v) is 9.59. The van der Waals surface area contributed by atoms with E-state index < -0.39 is 0 Å². The Bertz CT molecular complexity index is 768. The second kappa shape index (κ2) is 7.12. The number of carbonyl (C=O) groups is 1. The summed E-state index contributed by atoms with van der Waals surface area (Å²) in [7, 11) is 0. The lowest BCUT2D eigenvalue weighted by molar-refractivity contribution is -0.119. The summed E-state index contributed by atoms with van der Waals surface area (Å²) in [4.78, 5) is 13.6. The molecular formula is C21H25NO2S. The number of aryl methyl sites for hydroxylation is 2. The monoisotopic (exact) mass is 355 g/mol. The summed E-state index contributed by atoms with van der Waals surface area (Å²) in [6, 6.07) is 14.4. The molecule has 1 amide bonds. The molecule has 132 valence electrons. The van der Waals surface area contributed by atoms with Crippen LogP contribution in [0.5, 0.6) is 5.75 Å². The third-order valence-corrected chi connectivity index (χ3v) is 5.36. The van der Waals surface area contributed by atoms with Crippen molar-refractivity contribution in [2.45, 2.75) is 50.7 Å². The zero-order valence-electron chi connectivity index (χ0n) is 15.3. The van der Waals surface area contributed by atoms with Gasteiger partial charge in [-0.25, -0.2) is 0 Å². The molecule has 2 aromatic rings. The van der Waals surface area contributed by atoms with Crippen molar-refractivity contribution in [1.82, 2.24) is 5.32 Å². The molecule has 0 aromatic heterocycles. The maximum atomic E-state index is 12.5. The van der Waals surface area contributed by atoms with Gasteiger partial charge in [-0.2, -0.15) is 0 Å². The zero-order valence-corrected chi connectivity index (χ0v) is 16.1. The van der Waals surface area contributed by atoms with Gasteiger partial charge in [0.25, 0.3) is 0 Å². The van der Waals surface area contributed by atoms with E-state index in [0.29, 0.717) is 5.75 Å². The summed E-state index contributed by atoms with van der Waals surface area (Å²) >= 11 is 1.57. The molecule has 0 bridgehead atoms. The van der Waals surface area contributed by atoms with Crippen LogP contribution in [0.4, 0.5) is 0 Å². The van der Waals surface area contributed by atoms with E-state index in [1.165, 1.54) is 5.56 Å². The molecule has 3 rings (SSSR count). The molecule has 4 heteroatoms. The average molecular weight is 356 g/mol. The minimum absolute atomic E-state index is 0.00883. The van der Waals surface area contributed by atoms with Gasteiger partial charge in [0, 0.05) is 16.9 Å². The number of fused-ring (bicyclic) bond motifs is 1. The van der Waals surface area contributed by atoms with Crippen LogP contribution >= 0.6 is 11.8 Å². The van der Waals surface area contributed by atoms with Crippen molar-refractivity contribution in [3.8, 4) is 5.75 Å². The van der Waals surface area contributed by atoms with E-state index in [2.05, 4.69) is 75.5 Å². The van der Waals surface area contributed by atoms with Crippen LogP contribution in [0.3, 0.4) is 0 Å². The molecule has 3 nitrogen and oxygen atoms in total. The molecular weight excluding hydrogens is 330 g/mol. The third-order valence-electron chi connectivity index (χ3n) is 4.35. The van der Waals surface area contributed by atoms with Gasteiger partial charge in [-0.15, -0.1) is 11.8 Å². The lowest BCUT2D eigenvalue weighted by Gasteiger charge is -2.38. The number of benzene rings is 2. The van der Waals surface area contributed by atoms with Crippen LogP contribution in [0.2, 0.25) is 0 Å². The van der Waals surface area contributed by atoms with Crippen molar-refractivity contribution < 1.29 is 9.53 Å². The lowest BCUT2D eigenvalue weighted by Crippen LogP contribution is -2.41. The van der Waals surface area contributed by atoms with Gasteiger partial charge in [0.1, 0.15) is 11.4 Å². The second-order valence-corrected chi connectivity index (χ2v) is 8.38. The highest BCUT2D eigenvalue weighted by Gasteiger charge is 2.34. The van der Waals surface area contributed by atoms with E-state index in [0.717, 1.165) is 28.2 Å². The lowest BCUT2D eigenvalue weighted by atomic mass is 9.89. The highest BCUT2D eigenvalue weighted by Crippen LogP contribution is 2.39. The highest BCUT2D eigenvalue weighted by atomic mass is 32.2. The second-order valence-electron chi connectivity index (χ2n) is 7.33. The van der Waals surface area contributed by atoms with Crippen LogP contribution < -0.4 is 10.1 Å². The van der Waals surface area contributed by atoms with E-state index in [4.69, 9.17) is 4.74 Å². The largest absolute Gasteiger partial charge is 0.487 e. The van der Waals surface area contributed by atoms with Crippen molar-refractivity contribution in [2.75, 3.05) is 5.75 Å². The molecule has 0 saturated carbocycles. The number of thioether (sulfide) groups is 1. The zero-order chi connectivity index (χ0) is 18.0. The minimum Gasteiger partial charge on any atom is -0.487 e. The Labute approximate surface area is 154 Å². The normalized spacial score (nSPS) is 18.2. The fraction of sp³-hybridized carbons (Fsp3) is 0.381. The van der Waals surface area contributed by atoms with E-state index >= 15 is 0 Å². The molecule has 1 N–H and O–H groups in total. The first kappa shape index (κ1) is 17.9. The van der Waals surface area contributed by atoms with Gasteiger partial charge < -0.3 is 10.1 Å². The maximum absolute atomic E-state index is 12.5. The molecule has 25 heavy (non-hydrogen) atoms. The maximum Gasteiger partial charge on any atom is 0.230 e. The van der Waals surface area contributed by atoms with Crippen LogP contribution in [-0.2, 0) is 4.79 Å². The number of ether oxygens (including phenoxy) is 1. The number of hydrogen-bond acceptors (Lipinski definition) is 3.